The van der Waals surface area contributed by atoms with Gasteiger partial charge in [0.05, 0.1) is 23.3 Å². The normalized spacial score (nSPS) is 14.2. The van der Waals surface area contributed by atoms with E-state index in [1.54, 1.807) is 0 Å². The highest BCUT2D eigenvalue weighted by molar-refractivity contribution is 7.98. The lowest BCUT2D eigenvalue weighted by molar-refractivity contribution is -0.118. The number of nitrogen functional groups attached to an aromatic ring is 1. The van der Waals surface area contributed by atoms with E-state index < -0.39 is 0 Å². The molecule has 2 amide bonds. The molecule has 0 radical (unpaired) electrons. The Labute approximate surface area is 201 Å². The Kier molecular flexibility index (Phi) is 6.60. The molecule has 3 aromatic rings. The maximum absolute atomic E-state index is 12.9. The van der Waals surface area contributed by atoms with Crippen molar-refractivity contribution in [3.05, 3.63) is 29.1 Å². The van der Waals surface area contributed by atoms with Gasteiger partial charge in [0.2, 0.25) is 5.91 Å². The number of thiophene rings is 1. The van der Waals surface area contributed by atoms with Crippen molar-refractivity contribution in [1.29, 1.82) is 0 Å². The van der Waals surface area contributed by atoms with Crippen molar-refractivity contribution in [2.24, 2.45) is 0 Å². The van der Waals surface area contributed by atoms with E-state index >= 15 is 0 Å². The number of anilines is 2. The van der Waals surface area contributed by atoms with Crippen LogP contribution in [0.4, 0.5) is 11.4 Å². The summed E-state index contributed by atoms with van der Waals surface area (Å²) < 4.78 is 0. The van der Waals surface area contributed by atoms with E-state index in [0.29, 0.717) is 43.9 Å². The first-order valence-corrected chi connectivity index (χ1v) is 12.8. The molecule has 4 N–H and O–H groups in total. The Morgan fingerprint density at radius 3 is 2.64 bits per heavy atom. The van der Waals surface area contributed by atoms with E-state index in [1.807, 2.05) is 51.3 Å². The molecule has 0 aliphatic carbocycles. The molecule has 0 saturated carbocycles. The third kappa shape index (κ3) is 5.29. The highest BCUT2D eigenvalue weighted by Gasteiger charge is 2.25. The molecule has 1 aliphatic rings. The van der Waals surface area contributed by atoms with Crippen LogP contribution in [0.3, 0.4) is 0 Å². The summed E-state index contributed by atoms with van der Waals surface area (Å²) in [7, 11) is 0. The second-order valence-electron chi connectivity index (χ2n) is 9.05. The van der Waals surface area contributed by atoms with E-state index in [-0.39, 0.29) is 17.4 Å². The van der Waals surface area contributed by atoms with Crippen molar-refractivity contribution in [3.8, 4) is 11.3 Å². The first-order chi connectivity index (χ1) is 15.6. The van der Waals surface area contributed by atoms with Crippen LogP contribution in [0, 0.1) is 0 Å². The predicted molar refractivity (Wildman–Crippen MR) is 136 cm³/mol. The maximum Gasteiger partial charge on any atom is 0.263 e. The molecule has 1 saturated heterocycles. The summed E-state index contributed by atoms with van der Waals surface area (Å²) in [5.74, 6) is -0.271. The van der Waals surface area contributed by atoms with Gasteiger partial charge >= 0.3 is 0 Å². The SMILES string of the molecule is CSc1nc(-c2cccc(NC(=O)CN3CCC3)c2)c2c(N)c(C(=O)NC(C)(C)C)sc2n1. The molecule has 4 rings (SSSR count). The van der Waals surface area contributed by atoms with Gasteiger partial charge in [-0.1, -0.05) is 23.9 Å². The summed E-state index contributed by atoms with van der Waals surface area (Å²) >= 11 is 2.69. The van der Waals surface area contributed by atoms with Crippen molar-refractivity contribution in [2.45, 2.75) is 37.9 Å². The molecule has 2 aromatic heterocycles. The standard InChI is InChI=1S/C23H28N6O2S2/c1-23(2,3)28-20(31)19-17(24)16-18(26-22(32-4)27-21(16)33-19)13-7-5-8-14(11-13)25-15(30)12-29-9-6-10-29/h5,7-8,11H,6,9-10,12,24H2,1-4H3,(H,25,30)(H,28,31). The molecule has 1 aliphatic heterocycles. The summed E-state index contributed by atoms with van der Waals surface area (Å²) in [6.07, 6.45) is 3.05. The molecule has 1 aromatic carbocycles. The zero-order valence-corrected chi connectivity index (χ0v) is 20.8. The number of fused-ring (bicyclic) bond motifs is 1. The van der Waals surface area contributed by atoms with Gasteiger partial charge in [-0.3, -0.25) is 14.5 Å². The van der Waals surface area contributed by atoms with Crippen LogP contribution < -0.4 is 16.4 Å². The van der Waals surface area contributed by atoms with Gasteiger partial charge in [-0.2, -0.15) is 0 Å². The fourth-order valence-corrected chi connectivity index (χ4v) is 4.97. The first-order valence-electron chi connectivity index (χ1n) is 10.7. The lowest BCUT2D eigenvalue weighted by atomic mass is 10.1. The highest BCUT2D eigenvalue weighted by Crippen LogP contribution is 2.40. The van der Waals surface area contributed by atoms with Crippen LogP contribution in [-0.2, 0) is 4.79 Å². The molecule has 0 bridgehead atoms. The quantitative estimate of drug-likeness (QED) is 0.360. The predicted octanol–water partition coefficient (Wildman–Crippen LogP) is 3.83. The summed E-state index contributed by atoms with van der Waals surface area (Å²) in [6, 6.07) is 7.52. The minimum Gasteiger partial charge on any atom is -0.397 e. The second-order valence-corrected chi connectivity index (χ2v) is 10.8. The van der Waals surface area contributed by atoms with Crippen molar-refractivity contribution in [3.63, 3.8) is 0 Å². The average Bonchev–Trinajstić information content (AvgIpc) is 3.06. The third-order valence-electron chi connectivity index (χ3n) is 5.18. The van der Waals surface area contributed by atoms with Gasteiger partial charge in [-0.25, -0.2) is 9.97 Å². The molecule has 8 nitrogen and oxygen atoms in total. The first kappa shape index (κ1) is 23.5. The number of benzene rings is 1. The van der Waals surface area contributed by atoms with Crippen LogP contribution in [0.15, 0.2) is 29.4 Å². The number of hydrogen-bond donors (Lipinski definition) is 3. The number of aromatic nitrogens is 2. The number of rotatable bonds is 6. The maximum atomic E-state index is 12.9. The molecule has 0 spiro atoms. The molecule has 33 heavy (non-hydrogen) atoms. The molecule has 174 valence electrons. The zero-order chi connectivity index (χ0) is 23.8. The van der Waals surface area contributed by atoms with E-state index in [2.05, 4.69) is 20.5 Å². The van der Waals surface area contributed by atoms with Gasteiger partial charge in [0, 0.05) is 16.8 Å². The smallest absolute Gasteiger partial charge is 0.263 e. The Morgan fingerprint density at radius 2 is 2.00 bits per heavy atom. The number of carbonyl (C=O) groups is 2. The van der Waals surface area contributed by atoms with E-state index in [1.165, 1.54) is 23.1 Å². The van der Waals surface area contributed by atoms with E-state index in [9.17, 15) is 9.59 Å². The highest BCUT2D eigenvalue weighted by atomic mass is 32.2. The van der Waals surface area contributed by atoms with Gasteiger partial charge in [0.25, 0.3) is 5.91 Å². The minimum absolute atomic E-state index is 0.0410. The summed E-state index contributed by atoms with van der Waals surface area (Å²) in [6.45, 7) is 8.09. The molecular formula is C23H28N6O2S2. The van der Waals surface area contributed by atoms with Gasteiger partial charge in [-0.05, 0) is 58.7 Å². The number of nitrogens with two attached hydrogens (primary N) is 1. The summed E-state index contributed by atoms with van der Waals surface area (Å²) in [4.78, 5) is 37.7. The second kappa shape index (κ2) is 9.28. The number of amides is 2. The number of likely N-dealkylation sites (tertiary alicyclic amines) is 1. The monoisotopic (exact) mass is 484 g/mol. The van der Waals surface area contributed by atoms with Gasteiger partial charge in [0.1, 0.15) is 9.71 Å². The fourth-order valence-electron chi connectivity index (χ4n) is 3.56. The van der Waals surface area contributed by atoms with Gasteiger partial charge < -0.3 is 16.4 Å². The van der Waals surface area contributed by atoms with Gasteiger partial charge in [0.15, 0.2) is 5.16 Å². The Morgan fingerprint density at radius 1 is 1.24 bits per heavy atom. The largest absolute Gasteiger partial charge is 0.397 e. The molecule has 0 atom stereocenters. The molecular weight excluding hydrogens is 456 g/mol. The molecule has 3 heterocycles. The van der Waals surface area contributed by atoms with Crippen molar-refractivity contribution in [1.82, 2.24) is 20.2 Å². The molecule has 1 fully saturated rings. The van der Waals surface area contributed by atoms with Crippen molar-refractivity contribution >= 4 is 56.5 Å². The number of nitrogens with zero attached hydrogens (tertiary/aromatic N) is 3. The Bertz CT molecular complexity index is 1210. The van der Waals surface area contributed by atoms with E-state index in [4.69, 9.17) is 10.7 Å². The summed E-state index contributed by atoms with van der Waals surface area (Å²) in [5.41, 5.74) is 8.58. The lowest BCUT2D eigenvalue weighted by Crippen LogP contribution is -2.42. The number of nitrogens with one attached hydrogen (secondary N) is 2. The molecule has 10 heteroatoms. The molecule has 0 unspecified atom stereocenters. The van der Waals surface area contributed by atoms with Gasteiger partial charge in [-0.15, -0.1) is 11.3 Å². The number of carbonyl (C=O) groups excluding carboxylic acids is 2. The van der Waals surface area contributed by atoms with Crippen LogP contribution in [0.5, 0.6) is 0 Å². The van der Waals surface area contributed by atoms with Crippen LogP contribution in [0.25, 0.3) is 21.5 Å². The Hall–Kier alpha value is -2.69. The van der Waals surface area contributed by atoms with Crippen LogP contribution >= 0.6 is 23.1 Å². The van der Waals surface area contributed by atoms with Crippen LogP contribution in [0.1, 0.15) is 36.9 Å². The van der Waals surface area contributed by atoms with Crippen molar-refractivity contribution in [2.75, 3.05) is 36.9 Å². The van der Waals surface area contributed by atoms with E-state index in [0.717, 1.165) is 25.1 Å². The minimum atomic E-state index is -0.388. The lowest BCUT2D eigenvalue weighted by Gasteiger charge is -2.29. The number of hydrogen-bond acceptors (Lipinski definition) is 8. The average molecular weight is 485 g/mol. The third-order valence-corrected chi connectivity index (χ3v) is 6.83. The van der Waals surface area contributed by atoms with Crippen LogP contribution in [0.2, 0.25) is 0 Å². The fraction of sp³-hybridized carbons (Fsp3) is 0.391. The zero-order valence-electron chi connectivity index (χ0n) is 19.2. The summed E-state index contributed by atoms with van der Waals surface area (Å²) in [5, 5.41) is 7.18. The van der Waals surface area contributed by atoms with Crippen LogP contribution in [-0.4, -0.2) is 58.1 Å². The Balaban J connectivity index is 1.72. The number of thioether (sulfide) groups is 1. The topological polar surface area (TPSA) is 113 Å². The van der Waals surface area contributed by atoms with Crippen molar-refractivity contribution < 1.29 is 9.59 Å².